The minimum absolute atomic E-state index is 0.146. The van der Waals surface area contributed by atoms with Gasteiger partial charge in [-0.3, -0.25) is 4.79 Å². The van der Waals surface area contributed by atoms with Gasteiger partial charge in [-0.2, -0.15) is 0 Å². The number of carbonyl (C=O) groups is 1. The molecule has 4 nitrogen and oxygen atoms in total. The number of nitrogens with zero attached hydrogens (tertiary/aromatic N) is 2. The van der Waals surface area contributed by atoms with Crippen LogP contribution >= 0.6 is 0 Å². The average molecular weight is 378 g/mol. The summed E-state index contributed by atoms with van der Waals surface area (Å²) in [6.45, 7) is 1.70. The molecule has 0 radical (unpaired) electrons. The van der Waals surface area contributed by atoms with Gasteiger partial charge in [0.05, 0.1) is 0 Å². The van der Waals surface area contributed by atoms with Gasteiger partial charge in [0.25, 0.3) is 5.91 Å². The summed E-state index contributed by atoms with van der Waals surface area (Å²) in [6.07, 6.45) is 11.4. The molecule has 0 unspecified atom stereocenters. The Hall–Kier alpha value is -2.36. The molecule has 1 aliphatic heterocycles. The van der Waals surface area contributed by atoms with E-state index in [2.05, 4.69) is 40.6 Å². The number of hydrogen-bond acceptors (Lipinski definition) is 3. The molecule has 0 bridgehead atoms. The second kappa shape index (κ2) is 9.22. The second-order valence-electron chi connectivity index (χ2n) is 8.33. The lowest BCUT2D eigenvalue weighted by Crippen LogP contribution is -2.39. The van der Waals surface area contributed by atoms with E-state index in [0.29, 0.717) is 12.0 Å². The Morgan fingerprint density at radius 3 is 2.50 bits per heavy atom. The lowest BCUT2D eigenvalue weighted by molar-refractivity contribution is 0.0690. The number of rotatable bonds is 5. The maximum absolute atomic E-state index is 13.0. The predicted octanol–water partition coefficient (Wildman–Crippen LogP) is 4.92. The Morgan fingerprint density at radius 2 is 1.75 bits per heavy atom. The number of anilines is 1. The Bertz CT molecular complexity index is 762. The third-order valence-corrected chi connectivity index (χ3v) is 6.23. The molecule has 1 aliphatic carbocycles. The van der Waals surface area contributed by atoms with Gasteiger partial charge in [-0.15, -0.1) is 0 Å². The summed E-state index contributed by atoms with van der Waals surface area (Å²) in [5, 5.41) is 3.53. The Balaban J connectivity index is 1.31. The number of hydrogen-bond donors (Lipinski definition) is 1. The van der Waals surface area contributed by atoms with Gasteiger partial charge in [-0.05, 0) is 55.7 Å². The van der Waals surface area contributed by atoms with Crippen molar-refractivity contribution in [3.8, 4) is 0 Å². The van der Waals surface area contributed by atoms with Crippen molar-refractivity contribution in [2.45, 2.75) is 57.4 Å². The van der Waals surface area contributed by atoms with Crippen molar-refractivity contribution in [3.05, 3.63) is 59.8 Å². The monoisotopic (exact) mass is 377 g/mol. The van der Waals surface area contributed by atoms with Crippen molar-refractivity contribution >= 4 is 11.7 Å². The lowest BCUT2D eigenvalue weighted by Gasteiger charge is -2.32. The fourth-order valence-electron chi connectivity index (χ4n) is 4.57. The number of benzene rings is 1. The molecular weight excluding hydrogens is 346 g/mol. The predicted molar refractivity (Wildman–Crippen MR) is 114 cm³/mol. The van der Waals surface area contributed by atoms with Gasteiger partial charge < -0.3 is 10.2 Å². The van der Waals surface area contributed by atoms with E-state index in [9.17, 15) is 4.79 Å². The van der Waals surface area contributed by atoms with Crippen molar-refractivity contribution in [1.82, 2.24) is 9.88 Å². The SMILES string of the molecule is O=C(c1ccnc(NC2CCCCC2)c1)N1CCC(Cc2ccccc2)CC1. The largest absolute Gasteiger partial charge is 0.367 e. The third-order valence-electron chi connectivity index (χ3n) is 6.23. The average Bonchev–Trinajstić information content (AvgIpc) is 2.75. The van der Waals surface area contributed by atoms with E-state index >= 15 is 0 Å². The lowest BCUT2D eigenvalue weighted by atomic mass is 9.90. The highest BCUT2D eigenvalue weighted by Crippen LogP contribution is 2.24. The Kier molecular flexibility index (Phi) is 6.25. The van der Waals surface area contributed by atoms with Crippen molar-refractivity contribution in [2.75, 3.05) is 18.4 Å². The standard InChI is InChI=1S/C24H31N3O/c28-24(21-11-14-25-23(18-21)26-22-9-5-2-6-10-22)27-15-12-20(13-16-27)17-19-7-3-1-4-8-19/h1,3-4,7-8,11,14,18,20,22H,2,5-6,9-10,12-13,15-17H2,(H,25,26). The number of pyridine rings is 1. The first-order valence-electron chi connectivity index (χ1n) is 10.8. The van der Waals surface area contributed by atoms with Crippen LogP contribution < -0.4 is 5.32 Å². The highest BCUT2D eigenvalue weighted by atomic mass is 16.2. The molecule has 1 saturated heterocycles. The molecule has 1 saturated carbocycles. The quantitative estimate of drug-likeness (QED) is 0.804. The molecule has 4 rings (SSSR count). The van der Waals surface area contributed by atoms with E-state index in [4.69, 9.17) is 0 Å². The van der Waals surface area contributed by atoms with Crippen LogP contribution in [0.3, 0.4) is 0 Å². The van der Waals surface area contributed by atoms with Crippen LogP contribution in [0.4, 0.5) is 5.82 Å². The fourth-order valence-corrected chi connectivity index (χ4v) is 4.57. The molecule has 2 fully saturated rings. The van der Waals surface area contributed by atoms with Crippen LogP contribution in [0.25, 0.3) is 0 Å². The van der Waals surface area contributed by atoms with Gasteiger partial charge >= 0.3 is 0 Å². The summed E-state index contributed by atoms with van der Waals surface area (Å²) in [5.41, 5.74) is 2.16. The van der Waals surface area contributed by atoms with Crippen LogP contribution in [0.15, 0.2) is 48.7 Å². The van der Waals surface area contributed by atoms with Gasteiger partial charge in [0.2, 0.25) is 0 Å². The smallest absolute Gasteiger partial charge is 0.254 e. The van der Waals surface area contributed by atoms with Crippen molar-refractivity contribution in [3.63, 3.8) is 0 Å². The maximum atomic E-state index is 13.0. The van der Waals surface area contributed by atoms with E-state index in [1.807, 2.05) is 17.0 Å². The molecule has 1 aromatic heterocycles. The summed E-state index contributed by atoms with van der Waals surface area (Å²) < 4.78 is 0. The molecule has 1 amide bonds. The number of aromatic nitrogens is 1. The second-order valence-corrected chi connectivity index (χ2v) is 8.33. The zero-order valence-corrected chi connectivity index (χ0v) is 16.6. The molecular formula is C24H31N3O. The molecule has 2 heterocycles. The molecule has 0 spiro atoms. The molecule has 1 aromatic carbocycles. The first-order chi connectivity index (χ1) is 13.8. The van der Waals surface area contributed by atoms with Gasteiger partial charge in [-0.25, -0.2) is 4.98 Å². The number of likely N-dealkylation sites (tertiary alicyclic amines) is 1. The van der Waals surface area contributed by atoms with Crippen LogP contribution in [0, 0.1) is 5.92 Å². The Labute approximate surface area is 168 Å². The summed E-state index contributed by atoms with van der Waals surface area (Å²) in [7, 11) is 0. The molecule has 1 N–H and O–H groups in total. The normalized spacial score (nSPS) is 18.8. The van der Waals surface area contributed by atoms with Crippen LogP contribution in [-0.4, -0.2) is 34.9 Å². The van der Waals surface area contributed by atoms with Crippen LogP contribution in [0.5, 0.6) is 0 Å². The minimum Gasteiger partial charge on any atom is -0.367 e. The highest BCUT2D eigenvalue weighted by Gasteiger charge is 2.24. The van der Waals surface area contributed by atoms with E-state index in [1.54, 1.807) is 6.20 Å². The first-order valence-corrected chi connectivity index (χ1v) is 10.8. The van der Waals surface area contributed by atoms with Crippen molar-refractivity contribution in [2.24, 2.45) is 5.92 Å². The topological polar surface area (TPSA) is 45.2 Å². The fraction of sp³-hybridized carbons (Fsp3) is 0.500. The van der Waals surface area contributed by atoms with Crippen LogP contribution in [-0.2, 0) is 6.42 Å². The highest BCUT2D eigenvalue weighted by molar-refractivity contribution is 5.94. The van der Waals surface area contributed by atoms with Crippen LogP contribution in [0.1, 0.15) is 60.9 Å². The summed E-state index contributed by atoms with van der Waals surface area (Å²) in [4.78, 5) is 19.4. The molecule has 2 aliphatic rings. The first kappa shape index (κ1) is 19.0. The molecule has 2 aromatic rings. The maximum Gasteiger partial charge on any atom is 0.254 e. The summed E-state index contributed by atoms with van der Waals surface area (Å²) in [5.74, 6) is 1.66. The van der Waals surface area contributed by atoms with Crippen molar-refractivity contribution < 1.29 is 4.79 Å². The molecule has 0 atom stereocenters. The third kappa shape index (κ3) is 4.92. The number of amides is 1. The van der Waals surface area contributed by atoms with Crippen molar-refractivity contribution in [1.29, 1.82) is 0 Å². The van der Waals surface area contributed by atoms with Crippen LogP contribution in [0.2, 0.25) is 0 Å². The molecule has 148 valence electrons. The van der Waals surface area contributed by atoms with E-state index in [-0.39, 0.29) is 5.91 Å². The molecule has 28 heavy (non-hydrogen) atoms. The van der Waals surface area contributed by atoms with Gasteiger partial charge in [0.15, 0.2) is 0 Å². The van der Waals surface area contributed by atoms with E-state index in [0.717, 1.165) is 43.7 Å². The number of piperidine rings is 1. The Morgan fingerprint density at radius 1 is 1.00 bits per heavy atom. The number of carbonyl (C=O) groups excluding carboxylic acids is 1. The zero-order valence-electron chi connectivity index (χ0n) is 16.6. The zero-order chi connectivity index (χ0) is 19.2. The van der Waals surface area contributed by atoms with Gasteiger partial charge in [0.1, 0.15) is 5.82 Å². The minimum atomic E-state index is 0.146. The van der Waals surface area contributed by atoms with Gasteiger partial charge in [0, 0.05) is 30.9 Å². The van der Waals surface area contributed by atoms with E-state index < -0.39 is 0 Å². The van der Waals surface area contributed by atoms with E-state index in [1.165, 1.54) is 37.7 Å². The number of nitrogens with one attached hydrogen (secondary N) is 1. The van der Waals surface area contributed by atoms with Gasteiger partial charge in [-0.1, -0.05) is 49.6 Å². The molecule has 4 heteroatoms. The summed E-state index contributed by atoms with van der Waals surface area (Å²) in [6, 6.07) is 15.0. The summed E-state index contributed by atoms with van der Waals surface area (Å²) >= 11 is 0.